The van der Waals surface area contributed by atoms with Crippen molar-refractivity contribution in [1.82, 2.24) is 4.98 Å². The lowest BCUT2D eigenvalue weighted by Crippen LogP contribution is -2.18. The van der Waals surface area contributed by atoms with Gasteiger partial charge in [-0.05, 0) is 42.8 Å². The Bertz CT molecular complexity index is 1360. The highest BCUT2D eigenvalue weighted by molar-refractivity contribution is 6.07. The number of nitrogens with one attached hydrogen (secondary N) is 1. The highest BCUT2D eigenvalue weighted by atomic mass is 19.4. The number of ether oxygens (including phenoxy) is 4. The first-order chi connectivity index (χ1) is 17.4. The molecule has 0 aliphatic carbocycles. The predicted molar refractivity (Wildman–Crippen MR) is 114 cm³/mol. The largest absolute Gasteiger partial charge is 0.573 e. The molecule has 0 aliphatic heterocycles. The van der Waals surface area contributed by atoms with Crippen LogP contribution in [0.2, 0.25) is 0 Å². The zero-order valence-corrected chi connectivity index (χ0v) is 19.1. The lowest BCUT2D eigenvalue weighted by molar-refractivity contribution is -0.275. The van der Waals surface area contributed by atoms with Gasteiger partial charge in [-0.15, -0.1) is 13.2 Å². The van der Waals surface area contributed by atoms with Gasteiger partial charge in [0.05, 0.1) is 14.2 Å². The molecule has 14 heteroatoms. The van der Waals surface area contributed by atoms with E-state index >= 15 is 0 Å². The van der Waals surface area contributed by atoms with Gasteiger partial charge in [-0.3, -0.25) is 4.79 Å². The first-order valence-corrected chi connectivity index (χ1v) is 10.0. The van der Waals surface area contributed by atoms with Crippen molar-refractivity contribution in [2.75, 3.05) is 19.5 Å². The van der Waals surface area contributed by atoms with E-state index in [-0.39, 0.29) is 11.4 Å². The quantitative estimate of drug-likeness (QED) is 0.316. The normalized spacial score (nSPS) is 11.1. The number of nitrogens with zero attached hydrogens (tertiary/aromatic N) is 1. The van der Waals surface area contributed by atoms with E-state index in [1.54, 1.807) is 0 Å². The second kappa shape index (κ2) is 10.6. The highest BCUT2D eigenvalue weighted by Crippen LogP contribution is 2.41. The molecule has 3 aromatic rings. The van der Waals surface area contributed by atoms with Crippen molar-refractivity contribution in [2.24, 2.45) is 0 Å². The van der Waals surface area contributed by atoms with Crippen molar-refractivity contribution in [1.29, 1.82) is 0 Å². The number of pyridine rings is 1. The van der Waals surface area contributed by atoms with Crippen LogP contribution in [-0.4, -0.2) is 37.4 Å². The Morgan fingerprint density at radius 2 is 1.59 bits per heavy atom. The summed E-state index contributed by atoms with van der Waals surface area (Å²) in [6.07, 6.45) is -3.99. The lowest BCUT2D eigenvalue weighted by Gasteiger charge is -2.17. The van der Waals surface area contributed by atoms with Gasteiger partial charge in [0.15, 0.2) is 23.1 Å². The van der Waals surface area contributed by atoms with Gasteiger partial charge in [0.25, 0.3) is 5.91 Å². The summed E-state index contributed by atoms with van der Waals surface area (Å²) in [5, 5.41) is 2.29. The SMILES string of the molecule is COC(=O)c1cc(NC(=O)c2c(Oc3ccc(OC(F)(F)F)c(F)c3OC)ccc(F)c2F)c(C)cn1. The van der Waals surface area contributed by atoms with E-state index in [0.29, 0.717) is 17.7 Å². The summed E-state index contributed by atoms with van der Waals surface area (Å²) in [4.78, 5) is 28.5. The molecule has 0 unspecified atom stereocenters. The third-order valence-electron chi connectivity index (χ3n) is 4.70. The van der Waals surface area contributed by atoms with Crippen LogP contribution in [0.25, 0.3) is 0 Å². The van der Waals surface area contributed by atoms with Gasteiger partial charge in [-0.25, -0.2) is 18.6 Å². The number of methoxy groups -OCH3 is 2. The first kappa shape index (κ1) is 27.1. The standard InChI is InChI=1S/C23H16F6N2O6/c1-10-9-30-13(22(33)35-3)8-12(10)31-21(32)17-14(5-4-11(24)18(17)25)36-16-7-6-15(37-23(27,28)29)19(26)20(16)34-2/h4-9H,1-3H3,(H,30,31,32). The number of anilines is 1. The summed E-state index contributed by atoms with van der Waals surface area (Å²) < 4.78 is 99.1. The van der Waals surface area contributed by atoms with Crippen molar-refractivity contribution in [2.45, 2.75) is 13.3 Å². The van der Waals surface area contributed by atoms with Crippen LogP contribution in [0.5, 0.6) is 23.0 Å². The van der Waals surface area contributed by atoms with E-state index in [1.165, 1.54) is 13.1 Å². The number of hydrogen-bond donors (Lipinski definition) is 1. The van der Waals surface area contributed by atoms with Crippen molar-refractivity contribution in [3.05, 3.63) is 70.8 Å². The minimum absolute atomic E-state index is 0.00714. The third-order valence-corrected chi connectivity index (χ3v) is 4.70. The number of alkyl halides is 3. The number of benzene rings is 2. The van der Waals surface area contributed by atoms with Gasteiger partial charge in [-0.1, -0.05) is 0 Å². The van der Waals surface area contributed by atoms with Crippen LogP contribution in [0.3, 0.4) is 0 Å². The van der Waals surface area contributed by atoms with Gasteiger partial charge >= 0.3 is 12.3 Å². The molecule has 1 N–H and O–H groups in total. The third kappa shape index (κ3) is 6.02. The van der Waals surface area contributed by atoms with E-state index in [1.807, 2.05) is 0 Å². The molecule has 2 aromatic carbocycles. The van der Waals surface area contributed by atoms with Crippen molar-refractivity contribution in [3.8, 4) is 23.0 Å². The molecular formula is C23H16F6N2O6. The maximum absolute atomic E-state index is 14.7. The molecule has 3 rings (SSSR count). The summed E-state index contributed by atoms with van der Waals surface area (Å²) in [5.41, 5.74) is -0.841. The average molecular weight is 530 g/mol. The van der Waals surface area contributed by atoms with E-state index in [4.69, 9.17) is 9.47 Å². The maximum atomic E-state index is 14.7. The number of esters is 1. The Balaban J connectivity index is 2.02. The van der Waals surface area contributed by atoms with Crippen LogP contribution in [-0.2, 0) is 4.74 Å². The molecule has 37 heavy (non-hydrogen) atoms. The number of carbonyl (C=O) groups excluding carboxylic acids is 2. The summed E-state index contributed by atoms with van der Waals surface area (Å²) >= 11 is 0. The van der Waals surface area contributed by atoms with Gasteiger partial charge in [-0.2, -0.15) is 4.39 Å². The first-order valence-electron chi connectivity index (χ1n) is 10.0. The van der Waals surface area contributed by atoms with Gasteiger partial charge in [0.2, 0.25) is 11.6 Å². The monoisotopic (exact) mass is 530 g/mol. The number of hydrogen-bond acceptors (Lipinski definition) is 7. The second-order valence-electron chi connectivity index (χ2n) is 7.12. The summed E-state index contributed by atoms with van der Waals surface area (Å²) in [6, 6.07) is 3.95. The van der Waals surface area contributed by atoms with Gasteiger partial charge in [0, 0.05) is 11.9 Å². The molecule has 0 saturated heterocycles. The molecule has 0 spiro atoms. The Labute approximate surface area is 204 Å². The fourth-order valence-electron chi connectivity index (χ4n) is 3.00. The number of aryl methyl sites for hydroxylation is 1. The van der Waals surface area contributed by atoms with Crippen LogP contribution in [0.4, 0.5) is 32.0 Å². The number of rotatable bonds is 7. The Morgan fingerprint density at radius 1 is 0.946 bits per heavy atom. The fourth-order valence-corrected chi connectivity index (χ4v) is 3.00. The molecule has 0 aliphatic rings. The maximum Gasteiger partial charge on any atom is 0.573 e. The van der Waals surface area contributed by atoms with Gasteiger partial charge in [0.1, 0.15) is 17.0 Å². The number of carbonyl (C=O) groups is 2. The molecule has 1 heterocycles. The number of aromatic nitrogens is 1. The van der Waals surface area contributed by atoms with Crippen LogP contribution in [0.1, 0.15) is 26.4 Å². The Hall–Kier alpha value is -4.49. The molecule has 8 nitrogen and oxygen atoms in total. The molecule has 1 amide bonds. The minimum Gasteiger partial charge on any atom is -0.490 e. The van der Waals surface area contributed by atoms with Crippen molar-refractivity contribution < 1.29 is 54.9 Å². The fraction of sp³-hybridized carbons (Fsp3) is 0.174. The van der Waals surface area contributed by atoms with E-state index in [9.17, 15) is 35.9 Å². The van der Waals surface area contributed by atoms with E-state index in [2.05, 4.69) is 19.8 Å². The Morgan fingerprint density at radius 3 is 2.22 bits per heavy atom. The van der Waals surface area contributed by atoms with E-state index in [0.717, 1.165) is 32.4 Å². The molecule has 0 radical (unpaired) electrons. The molecule has 196 valence electrons. The second-order valence-corrected chi connectivity index (χ2v) is 7.12. The highest BCUT2D eigenvalue weighted by Gasteiger charge is 2.34. The van der Waals surface area contributed by atoms with Crippen molar-refractivity contribution in [3.63, 3.8) is 0 Å². The molecule has 0 bridgehead atoms. The molecule has 0 atom stereocenters. The van der Waals surface area contributed by atoms with Crippen LogP contribution < -0.4 is 19.5 Å². The zero-order valence-electron chi connectivity index (χ0n) is 19.1. The number of amides is 1. The molecule has 0 fully saturated rings. The smallest absolute Gasteiger partial charge is 0.490 e. The average Bonchev–Trinajstić information content (AvgIpc) is 2.83. The van der Waals surface area contributed by atoms with E-state index < -0.39 is 64.3 Å². The van der Waals surface area contributed by atoms with Crippen LogP contribution in [0.15, 0.2) is 36.5 Å². The molecule has 0 saturated carbocycles. The number of halogens is 6. The topological polar surface area (TPSA) is 96.0 Å². The van der Waals surface area contributed by atoms with Gasteiger partial charge < -0.3 is 24.3 Å². The Kier molecular flexibility index (Phi) is 7.79. The minimum atomic E-state index is -5.21. The summed E-state index contributed by atoms with van der Waals surface area (Å²) in [6.45, 7) is 1.50. The van der Waals surface area contributed by atoms with Crippen LogP contribution >= 0.6 is 0 Å². The lowest BCUT2D eigenvalue weighted by atomic mass is 10.1. The summed E-state index contributed by atoms with van der Waals surface area (Å²) in [5.74, 6) is -10.1. The molecule has 1 aromatic heterocycles. The predicted octanol–water partition coefficient (Wildman–Crippen LogP) is 5.55. The molecular weight excluding hydrogens is 514 g/mol. The zero-order chi connectivity index (χ0) is 27.5. The van der Waals surface area contributed by atoms with Crippen molar-refractivity contribution >= 4 is 17.6 Å². The van der Waals surface area contributed by atoms with Crippen LogP contribution in [0, 0.1) is 24.4 Å². The summed E-state index contributed by atoms with van der Waals surface area (Å²) in [7, 11) is 2.01.